The highest BCUT2D eigenvalue weighted by atomic mass is 16.6. The third-order valence-corrected chi connectivity index (χ3v) is 4.42. The molecular formula is C17H15N7O3. The summed E-state index contributed by atoms with van der Waals surface area (Å²) >= 11 is 0. The third kappa shape index (κ3) is 2.86. The van der Waals surface area contributed by atoms with Crippen molar-refractivity contribution in [2.45, 2.75) is 12.8 Å². The Balaban J connectivity index is 1.74. The maximum Gasteiger partial charge on any atom is 0.271 e. The Labute approximate surface area is 153 Å². The van der Waals surface area contributed by atoms with Crippen molar-refractivity contribution in [2.75, 3.05) is 5.32 Å². The number of benzene rings is 1. The van der Waals surface area contributed by atoms with E-state index in [0.29, 0.717) is 30.2 Å². The molecule has 4 rings (SSSR count). The van der Waals surface area contributed by atoms with Crippen LogP contribution in [0.4, 0.5) is 17.3 Å². The number of non-ortho nitro benzene ring substituents is 1. The first-order valence-corrected chi connectivity index (χ1v) is 8.17. The SMILES string of the molecule is Cn1nc(C(N)=O)c2c1-c1nc(Nc3cccc([N+](=O)[O-])c3)ncc1CC2. The zero-order valence-corrected chi connectivity index (χ0v) is 14.3. The number of nitro benzene ring substituents is 1. The molecule has 3 N–H and O–H groups in total. The van der Waals surface area contributed by atoms with Gasteiger partial charge in [-0.1, -0.05) is 6.07 Å². The fourth-order valence-corrected chi connectivity index (χ4v) is 3.24. The minimum absolute atomic E-state index is 0.0296. The van der Waals surface area contributed by atoms with Gasteiger partial charge in [-0.25, -0.2) is 9.97 Å². The lowest BCUT2D eigenvalue weighted by Gasteiger charge is -2.17. The van der Waals surface area contributed by atoms with Gasteiger partial charge in [0, 0.05) is 36.6 Å². The highest BCUT2D eigenvalue weighted by molar-refractivity contribution is 5.94. The molecule has 27 heavy (non-hydrogen) atoms. The number of carbonyl (C=O) groups excluding carboxylic acids is 1. The minimum atomic E-state index is -0.570. The Kier molecular flexibility index (Phi) is 3.80. The molecule has 136 valence electrons. The Morgan fingerprint density at radius 2 is 2.19 bits per heavy atom. The predicted octanol–water partition coefficient (Wildman–Crippen LogP) is 1.73. The molecule has 1 aliphatic rings. The summed E-state index contributed by atoms with van der Waals surface area (Å²) in [7, 11) is 1.73. The van der Waals surface area contributed by atoms with Gasteiger partial charge >= 0.3 is 0 Å². The minimum Gasteiger partial charge on any atom is -0.364 e. The molecule has 2 aromatic heterocycles. The largest absolute Gasteiger partial charge is 0.364 e. The zero-order valence-electron chi connectivity index (χ0n) is 14.3. The van der Waals surface area contributed by atoms with E-state index < -0.39 is 10.8 Å². The Morgan fingerprint density at radius 3 is 2.93 bits per heavy atom. The van der Waals surface area contributed by atoms with Crippen molar-refractivity contribution in [1.82, 2.24) is 19.7 Å². The molecule has 1 amide bonds. The van der Waals surface area contributed by atoms with Gasteiger partial charge in [-0.3, -0.25) is 19.6 Å². The molecule has 0 saturated carbocycles. The van der Waals surface area contributed by atoms with Crippen LogP contribution in [0.1, 0.15) is 21.6 Å². The number of aryl methyl sites for hydroxylation is 2. The summed E-state index contributed by atoms with van der Waals surface area (Å²) in [5.74, 6) is -0.275. The van der Waals surface area contributed by atoms with Crippen LogP contribution in [0.3, 0.4) is 0 Å². The molecule has 0 atom stereocenters. The molecule has 1 aromatic carbocycles. The van der Waals surface area contributed by atoms with Crippen LogP contribution in [0.25, 0.3) is 11.4 Å². The quantitative estimate of drug-likeness (QED) is 0.529. The molecule has 10 nitrogen and oxygen atoms in total. The van der Waals surface area contributed by atoms with Crippen LogP contribution in [-0.4, -0.2) is 30.6 Å². The summed E-state index contributed by atoms with van der Waals surface area (Å²) in [5, 5.41) is 18.1. The van der Waals surface area contributed by atoms with E-state index in [-0.39, 0.29) is 11.4 Å². The van der Waals surface area contributed by atoms with Crippen molar-refractivity contribution >= 4 is 23.2 Å². The molecule has 3 aromatic rings. The van der Waals surface area contributed by atoms with E-state index in [9.17, 15) is 14.9 Å². The number of carbonyl (C=O) groups is 1. The summed E-state index contributed by atoms with van der Waals surface area (Å²) < 4.78 is 1.59. The number of nitrogens with two attached hydrogens (primary N) is 1. The molecule has 0 bridgehead atoms. The Bertz CT molecular complexity index is 1090. The lowest BCUT2D eigenvalue weighted by molar-refractivity contribution is -0.384. The monoisotopic (exact) mass is 365 g/mol. The van der Waals surface area contributed by atoms with Gasteiger partial charge in [-0.2, -0.15) is 5.10 Å². The van der Waals surface area contributed by atoms with E-state index in [4.69, 9.17) is 5.73 Å². The first-order chi connectivity index (χ1) is 12.9. The highest BCUT2D eigenvalue weighted by Gasteiger charge is 2.28. The summed E-state index contributed by atoms with van der Waals surface area (Å²) in [6.45, 7) is 0. The van der Waals surface area contributed by atoms with E-state index >= 15 is 0 Å². The molecule has 0 saturated heterocycles. The number of anilines is 2. The Hall–Kier alpha value is -3.82. The topological polar surface area (TPSA) is 142 Å². The van der Waals surface area contributed by atoms with Gasteiger partial charge in [-0.05, 0) is 24.5 Å². The van der Waals surface area contributed by atoms with Crippen LogP contribution in [0, 0.1) is 10.1 Å². The van der Waals surface area contributed by atoms with Crippen molar-refractivity contribution in [3.63, 3.8) is 0 Å². The number of nitrogens with zero attached hydrogens (tertiary/aromatic N) is 5. The van der Waals surface area contributed by atoms with Crippen molar-refractivity contribution in [3.8, 4) is 11.4 Å². The second-order valence-corrected chi connectivity index (χ2v) is 6.16. The summed E-state index contributed by atoms with van der Waals surface area (Å²) in [6, 6.07) is 6.09. The average Bonchev–Trinajstić information content (AvgIpc) is 2.99. The van der Waals surface area contributed by atoms with Crippen LogP contribution in [-0.2, 0) is 19.9 Å². The highest BCUT2D eigenvalue weighted by Crippen LogP contribution is 2.34. The van der Waals surface area contributed by atoms with Gasteiger partial charge in [0.1, 0.15) is 0 Å². The van der Waals surface area contributed by atoms with E-state index in [1.807, 2.05) is 0 Å². The third-order valence-electron chi connectivity index (χ3n) is 4.42. The fourth-order valence-electron chi connectivity index (χ4n) is 3.24. The standard InChI is InChI=1S/C17H15N7O3/c1-23-15-12(14(22-23)16(18)25)6-5-9-8-19-17(21-13(9)15)20-10-3-2-4-11(7-10)24(26)27/h2-4,7-8H,5-6H2,1H3,(H2,18,25)(H,19,20,21). The van der Waals surface area contributed by atoms with Crippen molar-refractivity contribution in [2.24, 2.45) is 12.8 Å². The molecule has 0 spiro atoms. The molecule has 2 heterocycles. The van der Waals surface area contributed by atoms with Gasteiger partial charge in [-0.15, -0.1) is 0 Å². The van der Waals surface area contributed by atoms with Crippen LogP contribution in [0.2, 0.25) is 0 Å². The molecule has 1 aliphatic carbocycles. The second-order valence-electron chi connectivity index (χ2n) is 6.16. The van der Waals surface area contributed by atoms with Crippen molar-refractivity contribution < 1.29 is 9.72 Å². The molecule has 10 heteroatoms. The first kappa shape index (κ1) is 16.6. The van der Waals surface area contributed by atoms with Gasteiger partial charge in [0.25, 0.3) is 11.6 Å². The van der Waals surface area contributed by atoms with Gasteiger partial charge in [0.05, 0.1) is 16.3 Å². The maximum atomic E-state index is 11.6. The summed E-state index contributed by atoms with van der Waals surface area (Å²) in [4.78, 5) is 30.9. The number of rotatable bonds is 4. The van der Waals surface area contributed by atoms with Crippen LogP contribution in [0.5, 0.6) is 0 Å². The number of aromatic nitrogens is 4. The van der Waals surface area contributed by atoms with Gasteiger partial charge < -0.3 is 11.1 Å². The van der Waals surface area contributed by atoms with E-state index in [1.165, 1.54) is 12.1 Å². The molecule has 0 unspecified atom stereocenters. The first-order valence-electron chi connectivity index (χ1n) is 8.17. The number of hydrogen-bond donors (Lipinski definition) is 2. The number of amides is 1. The number of nitrogens with one attached hydrogen (secondary N) is 1. The lowest BCUT2D eigenvalue weighted by Crippen LogP contribution is -2.16. The summed E-state index contributed by atoms with van der Waals surface area (Å²) in [5.41, 5.74) is 9.27. The van der Waals surface area contributed by atoms with Gasteiger partial charge in [0.15, 0.2) is 5.69 Å². The lowest BCUT2D eigenvalue weighted by atomic mass is 9.93. The molecule has 0 radical (unpaired) electrons. The van der Waals surface area contributed by atoms with Crippen LogP contribution in [0.15, 0.2) is 30.5 Å². The average molecular weight is 365 g/mol. The molecule has 0 fully saturated rings. The second kappa shape index (κ2) is 6.16. The van der Waals surface area contributed by atoms with Crippen LogP contribution < -0.4 is 11.1 Å². The number of nitro groups is 1. The molecular weight excluding hydrogens is 350 g/mol. The normalized spacial score (nSPS) is 12.2. The number of primary amides is 1. The van der Waals surface area contributed by atoms with E-state index in [2.05, 4.69) is 20.4 Å². The van der Waals surface area contributed by atoms with Gasteiger partial charge in [0.2, 0.25) is 5.95 Å². The summed E-state index contributed by atoms with van der Waals surface area (Å²) in [6.07, 6.45) is 3.02. The predicted molar refractivity (Wildman–Crippen MR) is 96.5 cm³/mol. The fraction of sp³-hybridized carbons (Fsp3) is 0.176. The van der Waals surface area contributed by atoms with E-state index in [0.717, 1.165) is 16.8 Å². The molecule has 0 aliphatic heterocycles. The number of hydrogen-bond acceptors (Lipinski definition) is 7. The Morgan fingerprint density at radius 1 is 1.37 bits per heavy atom. The maximum absolute atomic E-state index is 11.6. The number of fused-ring (bicyclic) bond motifs is 3. The smallest absolute Gasteiger partial charge is 0.271 e. The van der Waals surface area contributed by atoms with Crippen molar-refractivity contribution in [3.05, 3.63) is 57.4 Å². The van der Waals surface area contributed by atoms with Crippen molar-refractivity contribution in [1.29, 1.82) is 0 Å². The zero-order chi connectivity index (χ0) is 19.1. The van der Waals surface area contributed by atoms with Crippen LogP contribution >= 0.6 is 0 Å². The van der Waals surface area contributed by atoms with E-state index in [1.54, 1.807) is 30.1 Å².